The maximum atomic E-state index is 9.60. The van der Waals surface area contributed by atoms with Crippen molar-refractivity contribution in [2.45, 2.75) is 26.8 Å². The number of hydrogen-bond acceptors (Lipinski definition) is 2. The molecule has 0 bridgehead atoms. The molecule has 0 aliphatic heterocycles. The number of halogens is 1. The van der Waals surface area contributed by atoms with Gasteiger partial charge in [-0.3, -0.25) is 0 Å². The third-order valence-electron chi connectivity index (χ3n) is 2.55. The molecule has 0 spiro atoms. The van der Waals surface area contributed by atoms with Crippen LogP contribution in [0.5, 0.6) is 5.75 Å². The Balaban J connectivity index is 2.46. The SMILES string of the molecule is CCC(C)CNCc1cc(Br)ccc1O. The first kappa shape index (κ1) is 12.5. The second-order valence-electron chi connectivity index (χ2n) is 3.92. The smallest absolute Gasteiger partial charge is 0.120 e. The molecule has 1 aromatic rings. The van der Waals surface area contributed by atoms with Crippen molar-refractivity contribution in [3.8, 4) is 5.75 Å². The Morgan fingerprint density at radius 1 is 1.47 bits per heavy atom. The highest BCUT2D eigenvalue weighted by Gasteiger charge is 2.02. The molecule has 1 unspecified atom stereocenters. The molecule has 2 nitrogen and oxygen atoms in total. The predicted molar refractivity (Wildman–Crippen MR) is 67.0 cm³/mol. The predicted octanol–water partition coefficient (Wildman–Crippen LogP) is 3.29. The number of phenolic OH excluding ortho intramolecular Hbond substituents is 1. The Morgan fingerprint density at radius 3 is 2.87 bits per heavy atom. The summed E-state index contributed by atoms with van der Waals surface area (Å²) in [5.74, 6) is 1.04. The molecule has 0 amide bonds. The molecule has 0 saturated carbocycles. The van der Waals surface area contributed by atoms with Gasteiger partial charge in [-0.05, 0) is 30.7 Å². The summed E-state index contributed by atoms with van der Waals surface area (Å²) in [5, 5.41) is 12.9. The van der Waals surface area contributed by atoms with E-state index in [2.05, 4.69) is 35.1 Å². The summed E-state index contributed by atoms with van der Waals surface area (Å²) in [4.78, 5) is 0. The van der Waals surface area contributed by atoms with Gasteiger partial charge in [-0.25, -0.2) is 0 Å². The van der Waals surface area contributed by atoms with Crippen LogP contribution in [0.2, 0.25) is 0 Å². The van der Waals surface area contributed by atoms with Gasteiger partial charge in [0.05, 0.1) is 0 Å². The normalized spacial score (nSPS) is 12.7. The van der Waals surface area contributed by atoms with Gasteiger partial charge in [0.25, 0.3) is 0 Å². The van der Waals surface area contributed by atoms with Crippen LogP contribution in [0.1, 0.15) is 25.8 Å². The molecule has 15 heavy (non-hydrogen) atoms. The Hall–Kier alpha value is -0.540. The minimum absolute atomic E-state index is 0.356. The minimum atomic E-state index is 0.356. The fourth-order valence-corrected chi connectivity index (χ4v) is 1.70. The van der Waals surface area contributed by atoms with E-state index in [9.17, 15) is 5.11 Å². The Kier molecular flexibility index (Phi) is 5.12. The van der Waals surface area contributed by atoms with E-state index in [0.29, 0.717) is 11.7 Å². The fourth-order valence-electron chi connectivity index (χ4n) is 1.29. The first-order valence-electron chi connectivity index (χ1n) is 5.31. The van der Waals surface area contributed by atoms with Gasteiger partial charge in [-0.1, -0.05) is 36.2 Å². The van der Waals surface area contributed by atoms with Crippen molar-refractivity contribution in [2.24, 2.45) is 5.92 Å². The number of rotatable bonds is 5. The van der Waals surface area contributed by atoms with Crippen LogP contribution in [-0.4, -0.2) is 11.7 Å². The quantitative estimate of drug-likeness (QED) is 0.862. The molecule has 2 N–H and O–H groups in total. The van der Waals surface area contributed by atoms with Crippen molar-refractivity contribution < 1.29 is 5.11 Å². The Labute approximate surface area is 99.8 Å². The molecule has 0 saturated heterocycles. The van der Waals surface area contributed by atoms with Gasteiger partial charge in [-0.2, -0.15) is 0 Å². The molecule has 1 aromatic carbocycles. The highest BCUT2D eigenvalue weighted by atomic mass is 79.9. The number of nitrogens with one attached hydrogen (secondary N) is 1. The summed E-state index contributed by atoms with van der Waals surface area (Å²) in [6, 6.07) is 5.50. The lowest BCUT2D eigenvalue weighted by atomic mass is 10.1. The monoisotopic (exact) mass is 271 g/mol. The van der Waals surface area contributed by atoms with Gasteiger partial charge in [0.1, 0.15) is 5.75 Å². The average molecular weight is 272 g/mol. The average Bonchev–Trinajstić information content (AvgIpc) is 2.23. The number of hydrogen-bond donors (Lipinski definition) is 2. The number of aromatic hydroxyl groups is 1. The van der Waals surface area contributed by atoms with Crippen molar-refractivity contribution in [1.82, 2.24) is 5.32 Å². The molecule has 0 radical (unpaired) electrons. The summed E-state index contributed by atoms with van der Waals surface area (Å²) in [6.07, 6.45) is 1.18. The molecular weight excluding hydrogens is 254 g/mol. The van der Waals surface area contributed by atoms with E-state index in [-0.39, 0.29) is 0 Å². The van der Waals surface area contributed by atoms with Gasteiger partial charge in [0.15, 0.2) is 0 Å². The highest BCUT2D eigenvalue weighted by Crippen LogP contribution is 2.21. The molecule has 84 valence electrons. The molecule has 0 fully saturated rings. The maximum Gasteiger partial charge on any atom is 0.120 e. The molecule has 1 atom stereocenters. The molecular formula is C12H18BrNO. The van der Waals surface area contributed by atoms with E-state index in [0.717, 1.165) is 23.1 Å². The molecule has 3 heteroatoms. The summed E-state index contributed by atoms with van der Waals surface area (Å²) in [5.41, 5.74) is 0.938. The fraction of sp³-hybridized carbons (Fsp3) is 0.500. The van der Waals surface area contributed by atoms with E-state index in [1.54, 1.807) is 6.07 Å². The summed E-state index contributed by atoms with van der Waals surface area (Å²) in [6.45, 7) is 6.11. The van der Waals surface area contributed by atoms with E-state index in [1.807, 2.05) is 12.1 Å². The Bertz CT molecular complexity index is 314. The highest BCUT2D eigenvalue weighted by molar-refractivity contribution is 9.10. The second-order valence-corrected chi connectivity index (χ2v) is 4.83. The van der Waals surface area contributed by atoms with E-state index in [4.69, 9.17) is 0 Å². The standard InChI is InChI=1S/C12H18BrNO/c1-3-9(2)7-14-8-10-6-11(13)4-5-12(10)15/h4-6,9,14-15H,3,7-8H2,1-2H3. The molecule has 0 aromatic heterocycles. The van der Waals surface area contributed by atoms with Crippen molar-refractivity contribution >= 4 is 15.9 Å². The third kappa shape index (κ3) is 4.22. The van der Waals surface area contributed by atoms with Gasteiger partial charge >= 0.3 is 0 Å². The lowest BCUT2D eigenvalue weighted by Gasteiger charge is -2.11. The van der Waals surface area contributed by atoms with Gasteiger partial charge < -0.3 is 10.4 Å². The van der Waals surface area contributed by atoms with Crippen LogP contribution in [0.15, 0.2) is 22.7 Å². The first-order chi connectivity index (χ1) is 7.13. The van der Waals surface area contributed by atoms with Crippen LogP contribution in [-0.2, 0) is 6.54 Å². The van der Waals surface area contributed by atoms with Gasteiger partial charge in [-0.15, -0.1) is 0 Å². The van der Waals surface area contributed by atoms with Crippen molar-refractivity contribution in [2.75, 3.05) is 6.54 Å². The van der Waals surface area contributed by atoms with Crippen LogP contribution in [0.3, 0.4) is 0 Å². The zero-order chi connectivity index (χ0) is 11.3. The van der Waals surface area contributed by atoms with Crippen LogP contribution in [0.25, 0.3) is 0 Å². The molecule has 0 heterocycles. The first-order valence-corrected chi connectivity index (χ1v) is 6.11. The third-order valence-corrected chi connectivity index (χ3v) is 3.04. The largest absolute Gasteiger partial charge is 0.508 e. The maximum absolute atomic E-state index is 9.60. The number of phenols is 1. The molecule has 0 aliphatic rings. The zero-order valence-electron chi connectivity index (χ0n) is 9.26. The van der Waals surface area contributed by atoms with Crippen molar-refractivity contribution in [3.05, 3.63) is 28.2 Å². The summed E-state index contributed by atoms with van der Waals surface area (Å²) in [7, 11) is 0. The van der Waals surface area contributed by atoms with E-state index < -0.39 is 0 Å². The number of benzene rings is 1. The van der Waals surface area contributed by atoms with Crippen LogP contribution in [0, 0.1) is 5.92 Å². The van der Waals surface area contributed by atoms with Crippen molar-refractivity contribution in [3.63, 3.8) is 0 Å². The van der Waals surface area contributed by atoms with Crippen molar-refractivity contribution in [1.29, 1.82) is 0 Å². The van der Waals surface area contributed by atoms with Crippen LogP contribution < -0.4 is 5.32 Å². The van der Waals surface area contributed by atoms with E-state index >= 15 is 0 Å². The van der Waals surface area contributed by atoms with Crippen LogP contribution in [0.4, 0.5) is 0 Å². The summed E-state index contributed by atoms with van der Waals surface area (Å²) >= 11 is 3.39. The second kappa shape index (κ2) is 6.13. The Morgan fingerprint density at radius 2 is 2.20 bits per heavy atom. The van der Waals surface area contributed by atoms with Gasteiger partial charge in [0, 0.05) is 16.6 Å². The zero-order valence-corrected chi connectivity index (χ0v) is 10.8. The lowest BCUT2D eigenvalue weighted by Crippen LogP contribution is -2.20. The van der Waals surface area contributed by atoms with Gasteiger partial charge in [0.2, 0.25) is 0 Å². The molecule has 0 aliphatic carbocycles. The van der Waals surface area contributed by atoms with Crippen LogP contribution >= 0.6 is 15.9 Å². The molecule has 1 rings (SSSR count). The minimum Gasteiger partial charge on any atom is -0.508 e. The van der Waals surface area contributed by atoms with E-state index in [1.165, 1.54) is 6.42 Å². The topological polar surface area (TPSA) is 32.3 Å². The lowest BCUT2D eigenvalue weighted by molar-refractivity contribution is 0.456. The summed E-state index contributed by atoms with van der Waals surface area (Å²) < 4.78 is 1.00.